The Morgan fingerprint density at radius 1 is 1.44 bits per heavy atom. The maximum atomic E-state index is 10.1. The molecule has 0 fully saturated rings. The van der Waals surface area contributed by atoms with Crippen molar-refractivity contribution in [1.29, 1.82) is 0 Å². The maximum absolute atomic E-state index is 10.1. The molecular weight excluding hydrogens is 206 g/mol. The van der Waals surface area contributed by atoms with Crippen LogP contribution >= 0.6 is 0 Å². The monoisotopic (exact) mass is 225 g/mol. The average molecular weight is 225 g/mol. The minimum Gasteiger partial charge on any atom is -0.495 e. The van der Waals surface area contributed by atoms with Crippen LogP contribution in [0.2, 0.25) is 0 Å². The van der Waals surface area contributed by atoms with Gasteiger partial charge in [0.15, 0.2) is 0 Å². The van der Waals surface area contributed by atoms with Crippen molar-refractivity contribution in [3.8, 4) is 5.75 Å². The Morgan fingerprint density at radius 3 is 2.69 bits per heavy atom. The van der Waals surface area contributed by atoms with Gasteiger partial charge in [0.1, 0.15) is 17.5 Å². The molecule has 0 spiro atoms. The lowest BCUT2D eigenvalue weighted by Crippen LogP contribution is -2.25. The van der Waals surface area contributed by atoms with E-state index < -0.39 is 6.10 Å². The van der Waals surface area contributed by atoms with E-state index in [2.05, 4.69) is 4.98 Å². The Morgan fingerprint density at radius 2 is 2.12 bits per heavy atom. The largest absolute Gasteiger partial charge is 0.495 e. The number of methoxy groups -OCH3 is 2. The van der Waals surface area contributed by atoms with Gasteiger partial charge in [0.2, 0.25) is 0 Å². The summed E-state index contributed by atoms with van der Waals surface area (Å²) in [4.78, 5) is 4.14. The Balaban J connectivity index is 2.84. The number of rotatable bonds is 5. The summed E-state index contributed by atoms with van der Waals surface area (Å²) >= 11 is 0. The third-order valence-corrected chi connectivity index (χ3v) is 2.57. The maximum Gasteiger partial charge on any atom is 0.143 e. The first-order valence-electron chi connectivity index (χ1n) is 5.22. The van der Waals surface area contributed by atoms with Gasteiger partial charge in [-0.25, -0.2) is 0 Å². The number of pyridine rings is 1. The molecule has 0 aliphatic rings. The van der Waals surface area contributed by atoms with E-state index in [9.17, 15) is 5.11 Å². The van der Waals surface area contributed by atoms with Gasteiger partial charge < -0.3 is 14.6 Å². The Kier molecular flexibility index (Phi) is 4.26. The second kappa shape index (κ2) is 5.27. The molecule has 16 heavy (non-hydrogen) atoms. The first-order valence-corrected chi connectivity index (χ1v) is 5.22. The van der Waals surface area contributed by atoms with Crippen molar-refractivity contribution in [2.45, 2.75) is 32.0 Å². The first-order chi connectivity index (χ1) is 7.50. The van der Waals surface area contributed by atoms with Gasteiger partial charge in [-0.2, -0.15) is 0 Å². The number of aliphatic hydroxyl groups excluding tert-OH is 1. The minimum absolute atomic E-state index is 0.387. The van der Waals surface area contributed by atoms with Gasteiger partial charge in [-0.1, -0.05) is 0 Å². The first kappa shape index (κ1) is 12.9. The molecule has 0 aliphatic heterocycles. The fourth-order valence-electron chi connectivity index (χ4n) is 1.47. The second-order valence-electron chi connectivity index (χ2n) is 4.27. The number of hydrogen-bond donors (Lipinski definition) is 1. The van der Waals surface area contributed by atoms with E-state index in [0.717, 1.165) is 0 Å². The molecule has 1 aromatic heterocycles. The number of ether oxygens (including phenoxy) is 2. The SMILES string of the molecule is COc1cccnc1C(O)CC(C)(C)OC. The molecule has 1 atom stereocenters. The molecule has 1 aromatic rings. The summed E-state index contributed by atoms with van der Waals surface area (Å²) in [6.45, 7) is 3.84. The zero-order valence-corrected chi connectivity index (χ0v) is 10.2. The molecule has 4 nitrogen and oxygen atoms in total. The molecule has 90 valence electrons. The predicted octanol–water partition coefficient (Wildman–Crippen LogP) is 1.94. The van der Waals surface area contributed by atoms with Crippen molar-refractivity contribution in [1.82, 2.24) is 4.98 Å². The molecule has 0 amide bonds. The van der Waals surface area contributed by atoms with E-state index in [-0.39, 0.29) is 5.60 Å². The van der Waals surface area contributed by atoms with Crippen LogP contribution in [0, 0.1) is 0 Å². The van der Waals surface area contributed by atoms with Crippen LogP contribution in [0.4, 0.5) is 0 Å². The number of aliphatic hydroxyl groups is 1. The highest BCUT2D eigenvalue weighted by Crippen LogP contribution is 2.29. The van der Waals surface area contributed by atoms with E-state index in [4.69, 9.17) is 9.47 Å². The van der Waals surface area contributed by atoms with E-state index in [1.165, 1.54) is 0 Å². The molecule has 0 radical (unpaired) electrons. The van der Waals surface area contributed by atoms with Crippen LogP contribution in [0.1, 0.15) is 32.1 Å². The van der Waals surface area contributed by atoms with Crippen LogP contribution in [0.5, 0.6) is 5.75 Å². The van der Waals surface area contributed by atoms with Gasteiger partial charge in [0.25, 0.3) is 0 Å². The average Bonchev–Trinajstić information content (AvgIpc) is 2.28. The van der Waals surface area contributed by atoms with Crippen molar-refractivity contribution < 1.29 is 14.6 Å². The highest BCUT2D eigenvalue weighted by Gasteiger charge is 2.25. The van der Waals surface area contributed by atoms with Crippen LogP contribution in [-0.2, 0) is 4.74 Å². The van der Waals surface area contributed by atoms with Crippen LogP contribution in [0.25, 0.3) is 0 Å². The molecule has 1 N–H and O–H groups in total. The highest BCUT2D eigenvalue weighted by atomic mass is 16.5. The lowest BCUT2D eigenvalue weighted by molar-refractivity contribution is -0.0214. The molecule has 1 rings (SSSR count). The molecule has 0 saturated carbocycles. The number of aromatic nitrogens is 1. The minimum atomic E-state index is -0.689. The van der Waals surface area contributed by atoms with Crippen LogP contribution in [-0.4, -0.2) is 29.9 Å². The van der Waals surface area contributed by atoms with E-state index in [1.807, 2.05) is 13.8 Å². The van der Waals surface area contributed by atoms with Crippen LogP contribution in [0.15, 0.2) is 18.3 Å². The van der Waals surface area contributed by atoms with E-state index in [0.29, 0.717) is 17.9 Å². The summed E-state index contributed by atoms with van der Waals surface area (Å²) in [5.41, 5.74) is 0.164. The van der Waals surface area contributed by atoms with Crippen molar-refractivity contribution >= 4 is 0 Å². The Bertz CT molecular complexity index is 339. The molecule has 0 aromatic carbocycles. The summed E-state index contributed by atoms with van der Waals surface area (Å²) in [5, 5.41) is 10.1. The Hall–Kier alpha value is -1.13. The Labute approximate surface area is 96.2 Å². The van der Waals surface area contributed by atoms with E-state index in [1.54, 1.807) is 32.5 Å². The zero-order valence-electron chi connectivity index (χ0n) is 10.2. The topological polar surface area (TPSA) is 51.6 Å². The van der Waals surface area contributed by atoms with Crippen molar-refractivity contribution in [3.05, 3.63) is 24.0 Å². The van der Waals surface area contributed by atoms with Gasteiger partial charge in [0.05, 0.1) is 12.7 Å². The fourth-order valence-corrected chi connectivity index (χ4v) is 1.47. The normalized spacial score (nSPS) is 13.6. The molecule has 4 heteroatoms. The lowest BCUT2D eigenvalue weighted by Gasteiger charge is -2.26. The fraction of sp³-hybridized carbons (Fsp3) is 0.583. The van der Waals surface area contributed by atoms with Crippen molar-refractivity contribution in [2.24, 2.45) is 0 Å². The van der Waals surface area contributed by atoms with Gasteiger partial charge in [-0.3, -0.25) is 4.98 Å². The summed E-state index contributed by atoms with van der Waals surface area (Å²) in [5.74, 6) is 0.599. The summed E-state index contributed by atoms with van der Waals surface area (Å²) in [6, 6.07) is 3.56. The third kappa shape index (κ3) is 3.18. The highest BCUT2D eigenvalue weighted by molar-refractivity contribution is 5.28. The standard InChI is InChI=1S/C12H19NO3/c1-12(2,16-4)8-9(14)11-10(15-3)6-5-7-13-11/h5-7,9,14H,8H2,1-4H3. The summed E-state index contributed by atoms with van der Waals surface area (Å²) < 4.78 is 10.4. The molecule has 1 heterocycles. The molecule has 0 bridgehead atoms. The smallest absolute Gasteiger partial charge is 0.143 e. The molecule has 0 saturated heterocycles. The van der Waals surface area contributed by atoms with Crippen LogP contribution < -0.4 is 4.74 Å². The second-order valence-corrected chi connectivity index (χ2v) is 4.27. The number of nitrogens with zero attached hydrogens (tertiary/aromatic N) is 1. The van der Waals surface area contributed by atoms with Crippen LogP contribution in [0.3, 0.4) is 0 Å². The van der Waals surface area contributed by atoms with Gasteiger partial charge in [-0.15, -0.1) is 0 Å². The molecule has 0 aliphatic carbocycles. The summed E-state index contributed by atoms with van der Waals surface area (Å²) in [6.07, 6.45) is 1.42. The van der Waals surface area contributed by atoms with Gasteiger partial charge in [-0.05, 0) is 26.0 Å². The number of hydrogen-bond acceptors (Lipinski definition) is 4. The van der Waals surface area contributed by atoms with Crippen molar-refractivity contribution in [2.75, 3.05) is 14.2 Å². The third-order valence-electron chi connectivity index (χ3n) is 2.57. The molecule has 1 unspecified atom stereocenters. The molecular formula is C12H19NO3. The summed E-state index contributed by atoms with van der Waals surface area (Å²) in [7, 11) is 3.19. The van der Waals surface area contributed by atoms with Gasteiger partial charge in [0, 0.05) is 19.7 Å². The quantitative estimate of drug-likeness (QED) is 0.832. The zero-order chi connectivity index (χ0) is 12.2. The predicted molar refractivity (Wildman–Crippen MR) is 61.5 cm³/mol. The van der Waals surface area contributed by atoms with Crippen molar-refractivity contribution in [3.63, 3.8) is 0 Å². The van der Waals surface area contributed by atoms with Gasteiger partial charge >= 0.3 is 0 Å². The van der Waals surface area contributed by atoms with E-state index >= 15 is 0 Å². The lowest BCUT2D eigenvalue weighted by atomic mass is 9.98.